The van der Waals surface area contributed by atoms with Crippen molar-refractivity contribution in [3.8, 4) is 0 Å². The average molecular weight is 539 g/mol. The largest absolute Gasteiger partial charge is 0.401 e. The van der Waals surface area contributed by atoms with E-state index in [0.717, 1.165) is 5.56 Å². The molecule has 13 heteroatoms. The summed E-state index contributed by atoms with van der Waals surface area (Å²) in [5, 5.41) is 6.12. The van der Waals surface area contributed by atoms with Crippen LogP contribution in [-0.4, -0.2) is 55.1 Å². The first kappa shape index (κ1) is 26.8. The third-order valence-electron chi connectivity index (χ3n) is 5.77. The van der Waals surface area contributed by atoms with Gasteiger partial charge in [0.25, 0.3) is 0 Å². The maximum Gasteiger partial charge on any atom is 0.401 e. The molecule has 0 atom stereocenters. The fraction of sp³-hybridized carbons (Fsp3) is 0.333. The van der Waals surface area contributed by atoms with Crippen molar-refractivity contribution in [3.63, 3.8) is 0 Å². The Balaban J connectivity index is 1.28. The molecule has 0 aliphatic carbocycles. The molecule has 0 unspecified atom stereocenters. The van der Waals surface area contributed by atoms with Crippen LogP contribution in [0.1, 0.15) is 18.4 Å². The minimum atomic E-state index is -4.27. The standard InChI is InChI=1S/C24H26F4N6O2S/c25-18-3-5-19(6-4-18)31-22-9-12-29-23(32-22)30-15-17-1-7-21(8-2-17)37(35,36)33-20-10-13-34(14-11-20)16-24(26,27)28/h1-9,12,20,33H,10-11,13-16H2,(H2,29,30,31,32). The predicted molar refractivity (Wildman–Crippen MR) is 131 cm³/mol. The number of nitrogens with zero attached hydrogens (tertiary/aromatic N) is 3. The van der Waals surface area contributed by atoms with Crippen molar-refractivity contribution in [1.29, 1.82) is 0 Å². The lowest BCUT2D eigenvalue weighted by Gasteiger charge is -2.32. The van der Waals surface area contributed by atoms with Crippen LogP contribution in [0.2, 0.25) is 0 Å². The van der Waals surface area contributed by atoms with Crippen LogP contribution in [0.3, 0.4) is 0 Å². The Morgan fingerprint density at radius 1 is 0.973 bits per heavy atom. The molecule has 37 heavy (non-hydrogen) atoms. The number of rotatable bonds is 9. The summed E-state index contributed by atoms with van der Waals surface area (Å²) in [4.78, 5) is 9.88. The van der Waals surface area contributed by atoms with E-state index in [1.165, 1.54) is 29.2 Å². The Bertz CT molecular complexity index is 1280. The molecular weight excluding hydrogens is 512 g/mol. The second-order valence-electron chi connectivity index (χ2n) is 8.68. The lowest BCUT2D eigenvalue weighted by Crippen LogP contribution is -2.46. The van der Waals surface area contributed by atoms with E-state index < -0.39 is 28.8 Å². The van der Waals surface area contributed by atoms with Gasteiger partial charge in [-0.2, -0.15) is 18.2 Å². The number of alkyl halides is 3. The number of anilines is 3. The molecule has 1 fully saturated rings. The highest BCUT2D eigenvalue weighted by atomic mass is 32.2. The third kappa shape index (κ3) is 8.10. The second kappa shape index (κ2) is 11.4. The molecule has 1 aliphatic rings. The van der Waals surface area contributed by atoms with Gasteiger partial charge in [-0.3, -0.25) is 4.90 Å². The van der Waals surface area contributed by atoms with Crippen molar-refractivity contribution in [3.05, 3.63) is 72.2 Å². The summed E-state index contributed by atoms with van der Waals surface area (Å²) < 4.78 is 78.8. The first-order valence-corrected chi connectivity index (χ1v) is 13.0. The van der Waals surface area contributed by atoms with Crippen LogP contribution in [0, 0.1) is 5.82 Å². The Labute approximate surface area is 212 Å². The minimum Gasteiger partial charge on any atom is -0.350 e. The van der Waals surface area contributed by atoms with Crippen LogP contribution in [0.4, 0.5) is 35.0 Å². The van der Waals surface area contributed by atoms with Gasteiger partial charge in [0.15, 0.2) is 0 Å². The summed E-state index contributed by atoms with van der Waals surface area (Å²) in [6.45, 7) is -0.284. The first-order chi connectivity index (χ1) is 17.6. The summed E-state index contributed by atoms with van der Waals surface area (Å²) >= 11 is 0. The third-order valence-corrected chi connectivity index (χ3v) is 7.31. The number of hydrogen-bond acceptors (Lipinski definition) is 7. The molecule has 1 aromatic heterocycles. The van der Waals surface area contributed by atoms with Crippen molar-refractivity contribution >= 4 is 27.5 Å². The molecule has 4 rings (SSSR count). The summed E-state index contributed by atoms with van der Waals surface area (Å²) in [6, 6.07) is 13.4. The van der Waals surface area contributed by atoms with Crippen molar-refractivity contribution in [2.45, 2.75) is 36.5 Å². The molecule has 8 nitrogen and oxygen atoms in total. The molecule has 0 radical (unpaired) electrons. The molecule has 0 spiro atoms. The quantitative estimate of drug-likeness (QED) is 0.350. The molecule has 2 heterocycles. The molecule has 1 saturated heterocycles. The maximum absolute atomic E-state index is 13.1. The van der Waals surface area contributed by atoms with Gasteiger partial charge in [-0.25, -0.2) is 22.5 Å². The predicted octanol–water partition coefficient (Wildman–Crippen LogP) is 4.28. The van der Waals surface area contributed by atoms with Gasteiger partial charge < -0.3 is 10.6 Å². The Morgan fingerprint density at radius 2 is 1.65 bits per heavy atom. The van der Waals surface area contributed by atoms with E-state index in [1.54, 1.807) is 36.5 Å². The zero-order valence-electron chi connectivity index (χ0n) is 19.7. The molecule has 0 saturated carbocycles. The molecule has 3 aromatic rings. The van der Waals surface area contributed by atoms with Crippen LogP contribution in [-0.2, 0) is 16.6 Å². The van der Waals surface area contributed by atoms with E-state index in [4.69, 9.17) is 0 Å². The number of halogens is 4. The topological polar surface area (TPSA) is 99.3 Å². The summed E-state index contributed by atoms with van der Waals surface area (Å²) in [6.07, 6.45) is -2.08. The molecule has 3 N–H and O–H groups in total. The van der Waals surface area contributed by atoms with E-state index in [0.29, 0.717) is 36.8 Å². The summed E-state index contributed by atoms with van der Waals surface area (Å²) in [5.41, 5.74) is 1.46. The number of piperidine rings is 1. The van der Waals surface area contributed by atoms with Crippen molar-refractivity contribution in [2.24, 2.45) is 0 Å². The molecule has 198 valence electrons. The smallest absolute Gasteiger partial charge is 0.350 e. The van der Waals surface area contributed by atoms with Gasteiger partial charge in [-0.15, -0.1) is 0 Å². The van der Waals surface area contributed by atoms with E-state index in [2.05, 4.69) is 25.3 Å². The molecule has 0 amide bonds. The Hall–Kier alpha value is -3.29. The molecule has 0 bridgehead atoms. The SMILES string of the molecule is O=S(=O)(NC1CCN(CC(F)(F)F)CC1)c1ccc(CNc2nccc(Nc3ccc(F)cc3)n2)cc1. The number of aromatic nitrogens is 2. The number of hydrogen-bond donors (Lipinski definition) is 3. The van der Waals surface area contributed by atoms with Gasteiger partial charge in [-0.1, -0.05) is 12.1 Å². The van der Waals surface area contributed by atoms with Gasteiger partial charge >= 0.3 is 6.18 Å². The highest BCUT2D eigenvalue weighted by Crippen LogP contribution is 2.21. The molecular formula is C24H26F4N6O2S. The van der Waals surface area contributed by atoms with Gasteiger partial charge in [0.1, 0.15) is 11.6 Å². The molecule has 1 aliphatic heterocycles. The van der Waals surface area contributed by atoms with E-state index in [9.17, 15) is 26.0 Å². The van der Waals surface area contributed by atoms with E-state index >= 15 is 0 Å². The van der Waals surface area contributed by atoms with Crippen LogP contribution >= 0.6 is 0 Å². The second-order valence-corrected chi connectivity index (χ2v) is 10.4. The first-order valence-electron chi connectivity index (χ1n) is 11.6. The number of nitrogens with one attached hydrogen (secondary N) is 3. The van der Waals surface area contributed by atoms with Gasteiger partial charge in [0.05, 0.1) is 11.4 Å². The summed E-state index contributed by atoms with van der Waals surface area (Å²) in [5.74, 6) is 0.526. The maximum atomic E-state index is 13.1. The fourth-order valence-corrected chi connectivity index (χ4v) is 5.22. The Morgan fingerprint density at radius 3 is 2.30 bits per heavy atom. The van der Waals surface area contributed by atoms with Gasteiger partial charge in [0, 0.05) is 24.5 Å². The number of benzene rings is 2. The minimum absolute atomic E-state index is 0.0794. The van der Waals surface area contributed by atoms with Crippen molar-refractivity contribution < 1.29 is 26.0 Å². The van der Waals surface area contributed by atoms with E-state index in [1.807, 2.05) is 0 Å². The lowest BCUT2D eigenvalue weighted by molar-refractivity contribution is -0.148. The fourth-order valence-electron chi connectivity index (χ4n) is 3.91. The monoisotopic (exact) mass is 538 g/mol. The zero-order chi connectivity index (χ0) is 26.5. The van der Waals surface area contributed by atoms with Gasteiger partial charge in [0.2, 0.25) is 16.0 Å². The summed E-state index contributed by atoms with van der Waals surface area (Å²) in [7, 11) is -3.80. The average Bonchev–Trinajstić information content (AvgIpc) is 2.85. The van der Waals surface area contributed by atoms with E-state index in [-0.39, 0.29) is 23.8 Å². The number of sulfonamides is 1. The normalized spacial score (nSPS) is 15.5. The van der Waals surface area contributed by atoms with Crippen LogP contribution in [0.5, 0.6) is 0 Å². The number of likely N-dealkylation sites (tertiary alicyclic amines) is 1. The van der Waals surface area contributed by atoms with Crippen LogP contribution in [0.25, 0.3) is 0 Å². The van der Waals surface area contributed by atoms with Crippen LogP contribution < -0.4 is 15.4 Å². The molecule has 2 aromatic carbocycles. The zero-order valence-corrected chi connectivity index (χ0v) is 20.5. The Kier molecular flexibility index (Phi) is 8.25. The van der Waals surface area contributed by atoms with Crippen molar-refractivity contribution in [2.75, 3.05) is 30.3 Å². The van der Waals surface area contributed by atoms with Crippen molar-refractivity contribution in [1.82, 2.24) is 19.6 Å². The highest BCUT2D eigenvalue weighted by Gasteiger charge is 2.33. The highest BCUT2D eigenvalue weighted by molar-refractivity contribution is 7.89. The van der Waals surface area contributed by atoms with Crippen LogP contribution in [0.15, 0.2) is 65.7 Å². The lowest BCUT2D eigenvalue weighted by atomic mass is 10.1. The van der Waals surface area contributed by atoms with Gasteiger partial charge in [-0.05, 0) is 74.0 Å².